The highest BCUT2D eigenvalue weighted by Gasteiger charge is 2.23. The molecule has 0 unspecified atom stereocenters. The summed E-state index contributed by atoms with van der Waals surface area (Å²) in [5.41, 5.74) is 13.5. The van der Waals surface area contributed by atoms with Crippen molar-refractivity contribution in [2.75, 3.05) is 24.5 Å². The van der Waals surface area contributed by atoms with Crippen molar-refractivity contribution in [1.82, 2.24) is 9.97 Å². The lowest BCUT2D eigenvalue weighted by Crippen LogP contribution is -2.35. The van der Waals surface area contributed by atoms with Crippen LogP contribution in [0.5, 0.6) is 0 Å². The van der Waals surface area contributed by atoms with E-state index in [1.54, 1.807) is 0 Å². The van der Waals surface area contributed by atoms with E-state index in [0.29, 0.717) is 6.54 Å². The minimum atomic E-state index is 0.626. The molecule has 3 aromatic rings. The van der Waals surface area contributed by atoms with Crippen molar-refractivity contribution in [1.29, 1.82) is 0 Å². The number of aryl methyl sites for hydroxylation is 3. The van der Waals surface area contributed by atoms with Crippen LogP contribution in [0.25, 0.3) is 22.5 Å². The monoisotopic (exact) mass is 358 g/mol. The van der Waals surface area contributed by atoms with Crippen LogP contribution < -0.4 is 10.6 Å². The van der Waals surface area contributed by atoms with Crippen LogP contribution in [0.2, 0.25) is 0 Å². The van der Waals surface area contributed by atoms with Crippen LogP contribution in [0.3, 0.4) is 0 Å². The Hall–Kier alpha value is -2.72. The first kappa shape index (κ1) is 17.7. The van der Waals surface area contributed by atoms with Crippen molar-refractivity contribution in [2.24, 2.45) is 5.73 Å². The number of rotatable bonds is 4. The minimum absolute atomic E-state index is 0.626. The summed E-state index contributed by atoms with van der Waals surface area (Å²) >= 11 is 0. The highest BCUT2D eigenvalue weighted by Crippen LogP contribution is 2.34. The maximum absolute atomic E-state index is 5.83. The number of hydrogen-bond acceptors (Lipinski definition) is 4. The summed E-state index contributed by atoms with van der Waals surface area (Å²) in [6, 6.07) is 17.1. The van der Waals surface area contributed by atoms with Gasteiger partial charge < -0.3 is 10.6 Å². The Kier molecular flexibility index (Phi) is 4.90. The molecule has 138 valence electrons. The Morgan fingerprint density at radius 2 is 1.41 bits per heavy atom. The molecule has 0 saturated carbocycles. The van der Waals surface area contributed by atoms with Gasteiger partial charge in [0.05, 0.1) is 17.1 Å². The van der Waals surface area contributed by atoms with E-state index in [9.17, 15) is 0 Å². The van der Waals surface area contributed by atoms with Gasteiger partial charge in [0.25, 0.3) is 0 Å². The molecule has 2 heterocycles. The number of nitrogens with zero attached hydrogens (tertiary/aromatic N) is 3. The predicted octanol–water partition coefficient (Wildman–Crippen LogP) is 4.14. The first-order valence-electron chi connectivity index (χ1n) is 9.66. The second kappa shape index (κ2) is 7.49. The largest absolute Gasteiger partial charge is 0.354 e. The van der Waals surface area contributed by atoms with Gasteiger partial charge in [-0.05, 0) is 26.7 Å². The number of aromatic nitrogens is 2. The van der Waals surface area contributed by atoms with Crippen molar-refractivity contribution in [3.05, 3.63) is 65.4 Å². The molecule has 4 rings (SSSR count). The number of nitrogens with two attached hydrogens (primary N) is 1. The zero-order valence-electron chi connectivity index (χ0n) is 16.1. The van der Waals surface area contributed by atoms with Crippen molar-refractivity contribution in [2.45, 2.75) is 26.7 Å². The van der Waals surface area contributed by atoms with E-state index in [0.717, 1.165) is 60.0 Å². The predicted molar refractivity (Wildman–Crippen MR) is 112 cm³/mol. The first-order valence-corrected chi connectivity index (χ1v) is 9.66. The fourth-order valence-electron chi connectivity index (χ4n) is 3.62. The Balaban J connectivity index is 1.91. The number of fused-ring (bicyclic) bond motifs is 1. The highest BCUT2D eigenvalue weighted by atomic mass is 15.2. The maximum atomic E-state index is 5.83. The lowest BCUT2D eigenvalue weighted by atomic mass is 10.0. The van der Waals surface area contributed by atoms with Gasteiger partial charge in [-0.3, -0.25) is 0 Å². The standard InChI is InChI=1S/C23H26N4/c1-16-5-9-18(10-6-16)21-22(19-11-7-17(2)8-12-19)26-23-20(25-21)4-3-14-27(23)15-13-24/h5-12H,3-4,13-15,24H2,1-2H3. The Morgan fingerprint density at radius 3 is 1.96 bits per heavy atom. The van der Waals surface area contributed by atoms with Gasteiger partial charge in [0.1, 0.15) is 0 Å². The van der Waals surface area contributed by atoms with Gasteiger partial charge in [-0.1, -0.05) is 59.7 Å². The third kappa shape index (κ3) is 3.58. The molecule has 0 atom stereocenters. The fourth-order valence-corrected chi connectivity index (χ4v) is 3.62. The summed E-state index contributed by atoms with van der Waals surface area (Å²) in [6.07, 6.45) is 2.06. The molecule has 0 radical (unpaired) electrons. The molecule has 0 spiro atoms. The summed E-state index contributed by atoms with van der Waals surface area (Å²) in [5.74, 6) is 0.998. The van der Waals surface area contributed by atoms with Gasteiger partial charge in [-0.2, -0.15) is 0 Å². The van der Waals surface area contributed by atoms with E-state index >= 15 is 0 Å². The molecule has 2 aromatic carbocycles. The third-order valence-electron chi connectivity index (χ3n) is 5.14. The molecular weight excluding hydrogens is 332 g/mol. The SMILES string of the molecule is Cc1ccc(-c2nc3c(nc2-c2ccc(C)cc2)N(CCN)CCC3)cc1. The number of benzene rings is 2. The summed E-state index contributed by atoms with van der Waals surface area (Å²) in [5, 5.41) is 0. The lowest BCUT2D eigenvalue weighted by molar-refractivity contribution is 0.667. The van der Waals surface area contributed by atoms with E-state index in [1.165, 1.54) is 11.1 Å². The van der Waals surface area contributed by atoms with E-state index in [-0.39, 0.29) is 0 Å². The van der Waals surface area contributed by atoms with E-state index in [1.807, 2.05) is 0 Å². The molecule has 2 N–H and O–H groups in total. The molecule has 0 fully saturated rings. The second-order valence-corrected chi connectivity index (χ2v) is 7.30. The normalized spacial score (nSPS) is 13.5. The minimum Gasteiger partial charge on any atom is -0.354 e. The van der Waals surface area contributed by atoms with Crippen LogP contribution in [0.4, 0.5) is 5.82 Å². The van der Waals surface area contributed by atoms with Crippen LogP contribution in [-0.4, -0.2) is 29.6 Å². The molecule has 27 heavy (non-hydrogen) atoms. The van der Waals surface area contributed by atoms with E-state index in [4.69, 9.17) is 15.7 Å². The van der Waals surface area contributed by atoms with Crippen LogP contribution in [0.1, 0.15) is 23.2 Å². The molecule has 0 bridgehead atoms. The fraction of sp³-hybridized carbons (Fsp3) is 0.304. The summed E-state index contributed by atoms with van der Waals surface area (Å²) in [4.78, 5) is 12.5. The van der Waals surface area contributed by atoms with Gasteiger partial charge in [-0.15, -0.1) is 0 Å². The van der Waals surface area contributed by atoms with Gasteiger partial charge >= 0.3 is 0 Å². The molecule has 0 saturated heterocycles. The average Bonchev–Trinajstić information content (AvgIpc) is 2.69. The molecule has 0 amide bonds. The number of hydrogen-bond donors (Lipinski definition) is 1. The van der Waals surface area contributed by atoms with Crippen LogP contribution in [0.15, 0.2) is 48.5 Å². The molecule has 4 nitrogen and oxygen atoms in total. The highest BCUT2D eigenvalue weighted by molar-refractivity contribution is 5.79. The van der Waals surface area contributed by atoms with Crippen LogP contribution in [0, 0.1) is 13.8 Å². The lowest BCUT2D eigenvalue weighted by Gasteiger charge is -2.30. The van der Waals surface area contributed by atoms with Crippen molar-refractivity contribution in [3.8, 4) is 22.5 Å². The average molecular weight is 358 g/mol. The van der Waals surface area contributed by atoms with Crippen molar-refractivity contribution < 1.29 is 0 Å². The quantitative estimate of drug-likeness (QED) is 0.761. The van der Waals surface area contributed by atoms with E-state index < -0.39 is 0 Å². The molecule has 4 heteroatoms. The van der Waals surface area contributed by atoms with Crippen molar-refractivity contribution >= 4 is 5.82 Å². The molecule has 0 aliphatic carbocycles. The Labute approximate surface area is 161 Å². The third-order valence-corrected chi connectivity index (χ3v) is 5.14. The van der Waals surface area contributed by atoms with Crippen LogP contribution >= 0.6 is 0 Å². The van der Waals surface area contributed by atoms with Gasteiger partial charge in [0.2, 0.25) is 0 Å². The molecule has 1 aliphatic heterocycles. The molecule has 1 aromatic heterocycles. The zero-order valence-corrected chi connectivity index (χ0v) is 16.1. The van der Waals surface area contributed by atoms with Gasteiger partial charge in [0, 0.05) is 30.8 Å². The van der Waals surface area contributed by atoms with Gasteiger partial charge in [0.15, 0.2) is 5.82 Å². The second-order valence-electron chi connectivity index (χ2n) is 7.30. The molecule has 1 aliphatic rings. The Morgan fingerprint density at radius 1 is 0.852 bits per heavy atom. The van der Waals surface area contributed by atoms with E-state index in [2.05, 4.69) is 67.3 Å². The molecular formula is C23H26N4. The van der Waals surface area contributed by atoms with Crippen molar-refractivity contribution in [3.63, 3.8) is 0 Å². The Bertz CT molecular complexity index is 930. The topological polar surface area (TPSA) is 55.0 Å². The maximum Gasteiger partial charge on any atom is 0.151 e. The smallest absolute Gasteiger partial charge is 0.151 e. The number of anilines is 1. The summed E-state index contributed by atoms with van der Waals surface area (Å²) < 4.78 is 0. The summed E-state index contributed by atoms with van der Waals surface area (Å²) in [6.45, 7) is 6.65. The zero-order chi connectivity index (χ0) is 18.8. The summed E-state index contributed by atoms with van der Waals surface area (Å²) in [7, 11) is 0. The first-order chi connectivity index (χ1) is 13.2. The van der Waals surface area contributed by atoms with Crippen LogP contribution in [-0.2, 0) is 6.42 Å². The van der Waals surface area contributed by atoms with Gasteiger partial charge in [-0.25, -0.2) is 9.97 Å².